The molecule has 2 unspecified atom stereocenters. The van der Waals surface area contributed by atoms with Crippen molar-refractivity contribution in [2.75, 3.05) is 0 Å². The third kappa shape index (κ3) is 3.29. The summed E-state index contributed by atoms with van der Waals surface area (Å²) in [7, 11) is 0. The molecule has 1 rings (SSSR count). The highest BCUT2D eigenvalue weighted by Crippen LogP contribution is 2.19. The smallest absolute Gasteiger partial charge is 0.00131 e. The van der Waals surface area contributed by atoms with E-state index in [4.69, 9.17) is 0 Å². The van der Waals surface area contributed by atoms with E-state index in [-0.39, 0.29) is 0 Å². The van der Waals surface area contributed by atoms with E-state index < -0.39 is 0 Å². The molecule has 0 spiro atoms. The van der Waals surface area contributed by atoms with E-state index in [9.17, 15) is 0 Å². The molecule has 0 aromatic heterocycles. The van der Waals surface area contributed by atoms with Crippen molar-refractivity contribution in [3.8, 4) is 0 Å². The molecule has 1 aliphatic carbocycles. The first-order valence-corrected chi connectivity index (χ1v) is 4.65. The molecule has 13 heavy (non-hydrogen) atoms. The number of hydrogen-bond acceptors (Lipinski definition) is 0. The van der Waals surface area contributed by atoms with Crippen molar-refractivity contribution in [2.45, 2.75) is 6.92 Å². The standard InChI is InChI=1S/C13H16/c1-3-4-5-6-10-13-11-8-7-9-12(13)2/h3-13H,1H2,2H3/b5-4-,10-6+. The second kappa shape index (κ2) is 5.36. The van der Waals surface area contributed by atoms with E-state index in [0.717, 1.165) is 0 Å². The molecule has 0 aromatic carbocycles. The van der Waals surface area contributed by atoms with Crippen LogP contribution in [0.3, 0.4) is 0 Å². The van der Waals surface area contributed by atoms with Crippen LogP contribution in [0.15, 0.2) is 61.3 Å². The Morgan fingerprint density at radius 2 is 1.85 bits per heavy atom. The highest BCUT2D eigenvalue weighted by atomic mass is 14.1. The van der Waals surface area contributed by atoms with Crippen LogP contribution < -0.4 is 0 Å². The summed E-state index contributed by atoms with van der Waals surface area (Å²) in [5.74, 6) is 1.15. The monoisotopic (exact) mass is 172 g/mol. The van der Waals surface area contributed by atoms with Crippen molar-refractivity contribution in [3.05, 3.63) is 61.3 Å². The van der Waals surface area contributed by atoms with Gasteiger partial charge in [0.05, 0.1) is 0 Å². The van der Waals surface area contributed by atoms with E-state index in [1.165, 1.54) is 0 Å². The molecule has 0 radical (unpaired) electrons. The van der Waals surface area contributed by atoms with Gasteiger partial charge >= 0.3 is 0 Å². The molecule has 0 aliphatic heterocycles. The summed E-state index contributed by atoms with van der Waals surface area (Å²) in [5.41, 5.74) is 0. The molecule has 0 heterocycles. The molecule has 0 aromatic rings. The van der Waals surface area contributed by atoms with Gasteiger partial charge in [-0.1, -0.05) is 68.2 Å². The normalized spacial score (nSPS) is 27.5. The molecule has 0 saturated heterocycles. The van der Waals surface area contributed by atoms with Gasteiger partial charge in [0.15, 0.2) is 0 Å². The van der Waals surface area contributed by atoms with E-state index in [1.54, 1.807) is 6.08 Å². The van der Waals surface area contributed by atoms with Crippen molar-refractivity contribution in [1.29, 1.82) is 0 Å². The maximum atomic E-state index is 3.61. The van der Waals surface area contributed by atoms with Crippen molar-refractivity contribution >= 4 is 0 Å². The molecule has 0 fully saturated rings. The van der Waals surface area contributed by atoms with Crippen LogP contribution >= 0.6 is 0 Å². The summed E-state index contributed by atoms with van der Waals surface area (Å²) in [6, 6.07) is 0. The first-order chi connectivity index (χ1) is 6.34. The third-order valence-electron chi connectivity index (χ3n) is 2.16. The minimum absolute atomic E-state index is 0.541. The van der Waals surface area contributed by atoms with Gasteiger partial charge in [-0.3, -0.25) is 0 Å². The molecule has 0 nitrogen and oxygen atoms in total. The Bertz CT molecular complexity index is 264. The maximum absolute atomic E-state index is 3.61. The van der Waals surface area contributed by atoms with Gasteiger partial charge in [-0.15, -0.1) is 0 Å². The quantitative estimate of drug-likeness (QED) is 0.570. The van der Waals surface area contributed by atoms with Crippen LogP contribution in [0.4, 0.5) is 0 Å². The molecular weight excluding hydrogens is 156 g/mol. The first-order valence-electron chi connectivity index (χ1n) is 4.65. The zero-order chi connectivity index (χ0) is 9.52. The summed E-state index contributed by atoms with van der Waals surface area (Å²) in [5, 5.41) is 0. The van der Waals surface area contributed by atoms with Crippen LogP contribution in [0.25, 0.3) is 0 Å². The van der Waals surface area contributed by atoms with Crippen molar-refractivity contribution < 1.29 is 0 Å². The Kier molecular flexibility index (Phi) is 4.04. The number of allylic oxidation sites excluding steroid dienone is 9. The van der Waals surface area contributed by atoms with Gasteiger partial charge in [0.25, 0.3) is 0 Å². The molecule has 0 N–H and O–H groups in total. The van der Waals surface area contributed by atoms with Crippen LogP contribution in [0.5, 0.6) is 0 Å². The van der Waals surface area contributed by atoms with E-state index in [2.05, 4.69) is 50.0 Å². The minimum Gasteiger partial charge on any atom is -0.0991 e. The maximum Gasteiger partial charge on any atom is 0.00131 e. The van der Waals surface area contributed by atoms with Gasteiger partial charge in [-0.25, -0.2) is 0 Å². The van der Waals surface area contributed by atoms with Gasteiger partial charge in [0, 0.05) is 5.92 Å². The highest BCUT2D eigenvalue weighted by molar-refractivity contribution is 5.20. The second-order valence-corrected chi connectivity index (χ2v) is 3.21. The van der Waals surface area contributed by atoms with Crippen LogP contribution in [-0.2, 0) is 0 Å². The molecule has 0 bridgehead atoms. The Labute approximate surface area is 80.7 Å². The third-order valence-corrected chi connectivity index (χ3v) is 2.16. The topological polar surface area (TPSA) is 0 Å². The summed E-state index contributed by atoms with van der Waals surface area (Å²) in [6.45, 7) is 5.84. The van der Waals surface area contributed by atoms with Crippen LogP contribution in [0.2, 0.25) is 0 Å². The molecule has 0 heteroatoms. The van der Waals surface area contributed by atoms with E-state index in [0.29, 0.717) is 11.8 Å². The lowest BCUT2D eigenvalue weighted by Crippen LogP contribution is -2.05. The average Bonchev–Trinajstić information content (AvgIpc) is 2.15. The second-order valence-electron chi connectivity index (χ2n) is 3.21. The van der Waals surface area contributed by atoms with Gasteiger partial charge in [0.1, 0.15) is 0 Å². The zero-order valence-electron chi connectivity index (χ0n) is 8.06. The SMILES string of the molecule is C=C/C=C\C=C\C1C=CC=CC1C. The van der Waals surface area contributed by atoms with Gasteiger partial charge in [-0.05, 0) is 5.92 Å². The lowest BCUT2D eigenvalue weighted by atomic mass is 9.90. The first kappa shape index (κ1) is 9.79. The zero-order valence-corrected chi connectivity index (χ0v) is 8.06. The number of rotatable bonds is 3. The molecule has 0 amide bonds. The molecule has 2 atom stereocenters. The molecule has 0 saturated carbocycles. The van der Waals surface area contributed by atoms with Crippen molar-refractivity contribution in [3.63, 3.8) is 0 Å². The summed E-state index contributed by atoms with van der Waals surface area (Å²) >= 11 is 0. The van der Waals surface area contributed by atoms with Crippen LogP contribution in [-0.4, -0.2) is 0 Å². The summed E-state index contributed by atoms with van der Waals surface area (Å²) in [6.07, 6.45) is 18.7. The fourth-order valence-corrected chi connectivity index (χ4v) is 1.31. The largest absolute Gasteiger partial charge is 0.0991 e. The fourth-order valence-electron chi connectivity index (χ4n) is 1.31. The van der Waals surface area contributed by atoms with Gasteiger partial charge in [-0.2, -0.15) is 0 Å². The van der Waals surface area contributed by atoms with Crippen molar-refractivity contribution in [2.24, 2.45) is 11.8 Å². The fraction of sp³-hybridized carbons (Fsp3) is 0.231. The summed E-state index contributed by atoms with van der Waals surface area (Å²) in [4.78, 5) is 0. The van der Waals surface area contributed by atoms with Crippen LogP contribution in [0.1, 0.15) is 6.92 Å². The lowest BCUT2D eigenvalue weighted by molar-refractivity contribution is 0.605. The van der Waals surface area contributed by atoms with E-state index >= 15 is 0 Å². The minimum atomic E-state index is 0.541. The molecule has 68 valence electrons. The Balaban J connectivity index is 2.49. The van der Waals surface area contributed by atoms with E-state index in [1.807, 2.05) is 12.2 Å². The molecule has 1 aliphatic rings. The molecular formula is C13H16. The highest BCUT2D eigenvalue weighted by Gasteiger charge is 2.08. The van der Waals surface area contributed by atoms with Crippen LogP contribution in [0, 0.1) is 11.8 Å². The lowest BCUT2D eigenvalue weighted by Gasteiger charge is -2.15. The van der Waals surface area contributed by atoms with Gasteiger partial charge < -0.3 is 0 Å². The Morgan fingerprint density at radius 1 is 1.08 bits per heavy atom. The van der Waals surface area contributed by atoms with Crippen molar-refractivity contribution in [1.82, 2.24) is 0 Å². The predicted octanol–water partition coefficient (Wildman–Crippen LogP) is 3.66. The number of hydrogen-bond donors (Lipinski definition) is 0. The van der Waals surface area contributed by atoms with Gasteiger partial charge in [0.2, 0.25) is 0 Å². The Morgan fingerprint density at radius 3 is 2.54 bits per heavy atom. The average molecular weight is 172 g/mol. The Hall–Kier alpha value is -1.30. The summed E-state index contributed by atoms with van der Waals surface area (Å²) < 4.78 is 0. The predicted molar refractivity (Wildman–Crippen MR) is 59.4 cm³/mol.